The fourth-order valence-electron chi connectivity index (χ4n) is 1.44. The van der Waals surface area contributed by atoms with E-state index in [0.717, 1.165) is 12.1 Å². The number of amides is 1. The van der Waals surface area contributed by atoms with E-state index in [1.54, 1.807) is 12.1 Å². The molecule has 0 aliphatic carbocycles. The van der Waals surface area contributed by atoms with Crippen molar-refractivity contribution in [2.24, 2.45) is 11.0 Å². The molecule has 0 saturated carbocycles. The quantitative estimate of drug-likeness (QED) is 0.612. The number of rotatable bonds is 4. The van der Waals surface area contributed by atoms with E-state index in [0.29, 0.717) is 11.5 Å². The number of nitrogens with one attached hydrogen (secondary N) is 1. The molecule has 3 heteroatoms. The van der Waals surface area contributed by atoms with Gasteiger partial charge in [-0.2, -0.15) is 5.10 Å². The van der Waals surface area contributed by atoms with E-state index < -0.39 is 0 Å². The minimum atomic E-state index is -0.163. The van der Waals surface area contributed by atoms with Gasteiger partial charge in [-0.3, -0.25) is 4.79 Å². The summed E-state index contributed by atoms with van der Waals surface area (Å²) in [5.41, 5.74) is 4.13. The Kier molecular flexibility index (Phi) is 4.70. The van der Waals surface area contributed by atoms with Gasteiger partial charge in [0.1, 0.15) is 0 Å². The van der Waals surface area contributed by atoms with Crippen LogP contribution >= 0.6 is 0 Å². The lowest BCUT2D eigenvalue weighted by Gasteiger charge is -2.04. The molecule has 1 N–H and O–H groups in total. The van der Waals surface area contributed by atoms with Crippen molar-refractivity contribution in [1.29, 1.82) is 0 Å². The highest BCUT2D eigenvalue weighted by atomic mass is 16.2. The summed E-state index contributed by atoms with van der Waals surface area (Å²) in [5.74, 6) is 0.390. The Morgan fingerprint density at radius 2 is 1.94 bits per heavy atom. The van der Waals surface area contributed by atoms with Gasteiger partial charge >= 0.3 is 0 Å². The Bertz CT molecular complexity index is 369. The zero-order valence-corrected chi connectivity index (χ0v) is 10.0. The molecule has 3 nitrogen and oxygen atoms in total. The van der Waals surface area contributed by atoms with Crippen LogP contribution in [0.5, 0.6) is 0 Å². The van der Waals surface area contributed by atoms with Crippen LogP contribution in [0.4, 0.5) is 0 Å². The van der Waals surface area contributed by atoms with Crippen LogP contribution in [0.1, 0.15) is 37.6 Å². The van der Waals surface area contributed by atoms with Crippen LogP contribution in [-0.2, 0) is 0 Å². The summed E-state index contributed by atoms with van der Waals surface area (Å²) in [7, 11) is 0. The average Bonchev–Trinajstić information content (AvgIpc) is 2.26. The molecule has 0 atom stereocenters. The minimum absolute atomic E-state index is 0.163. The average molecular weight is 218 g/mol. The van der Waals surface area contributed by atoms with E-state index >= 15 is 0 Å². The van der Waals surface area contributed by atoms with Gasteiger partial charge in [-0.25, -0.2) is 5.43 Å². The third-order valence-corrected chi connectivity index (χ3v) is 2.09. The van der Waals surface area contributed by atoms with Gasteiger partial charge in [0.15, 0.2) is 0 Å². The van der Waals surface area contributed by atoms with Crippen LogP contribution in [0.15, 0.2) is 35.4 Å². The summed E-state index contributed by atoms with van der Waals surface area (Å²) >= 11 is 0. The minimum Gasteiger partial charge on any atom is -0.267 e. The number of hydrogen-bond acceptors (Lipinski definition) is 2. The number of carbonyl (C=O) groups is 1. The fourth-order valence-corrected chi connectivity index (χ4v) is 1.44. The predicted molar refractivity (Wildman–Crippen MR) is 66.5 cm³/mol. The van der Waals surface area contributed by atoms with Crippen LogP contribution in [0.3, 0.4) is 0 Å². The predicted octanol–water partition coefficient (Wildman–Crippen LogP) is 2.84. The number of hydrazone groups is 1. The van der Waals surface area contributed by atoms with E-state index in [1.165, 1.54) is 0 Å². The molecule has 16 heavy (non-hydrogen) atoms. The Labute approximate surface area is 96.6 Å². The molecule has 0 aromatic heterocycles. The molecule has 0 saturated heterocycles. The first-order chi connectivity index (χ1) is 7.59. The maximum absolute atomic E-state index is 11.6. The molecule has 0 heterocycles. The van der Waals surface area contributed by atoms with Crippen LogP contribution in [0.25, 0.3) is 0 Å². The van der Waals surface area contributed by atoms with E-state index in [9.17, 15) is 4.79 Å². The molecular weight excluding hydrogens is 200 g/mol. The number of benzene rings is 1. The van der Waals surface area contributed by atoms with Crippen molar-refractivity contribution >= 4 is 11.6 Å². The van der Waals surface area contributed by atoms with Crippen molar-refractivity contribution in [2.45, 2.75) is 27.2 Å². The Hall–Kier alpha value is -1.64. The third kappa shape index (κ3) is 4.26. The summed E-state index contributed by atoms with van der Waals surface area (Å²) in [5, 5.41) is 4.06. The zero-order chi connectivity index (χ0) is 12.0. The van der Waals surface area contributed by atoms with E-state index in [-0.39, 0.29) is 5.91 Å². The fraction of sp³-hybridized carbons (Fsp3) is 0.385. The summed E-state index contributed by atoms with van der Waals surface area (Å²) in [6, 6.07) is 9.08. The first kappa shape index (κ1) is 12.4. The van der Waals surface area contributed by atoms with Crippen LogP contribution in [0, 0.1) is 5.92 Å². The molecule has 0 unspecified atom stereocenters. The van der Waals surface area contributed by atoms with Gasteiger partial charge in [-0.15, -0.1) is 0 Å². The molecule has 0 aliphatic heterocycles. The number of hydrogen-bond donors (Lipinski definition) is 1. The molecule has 0 bridgehead atoms. The van der Waals surface area contributed by atoms with Gasteiger partial charge in [-0.1, -0.05) is 32.0 Å². The van der Waals surface area contributed by atoms with Crippen LogP contribution in [-0.4, -0.2) is 11.6 Å². The maximum atomic E-state index is 11.6. The summed E-state index contributed by atoms with van der Waals surface area (Å²) in [6.07, 6.45) is 0.898. The van der Waals surface area contributed by atoms with E-state index in [4.69, 9.17) is 0 Å². The molecule has 0 aliphatic rings. The SMILES string of the molecule is C/C(CC(C)C)=N\NC(=O)c1ccccc1. The smallest absolute Gasteiger partial charge is 0.267 e. The highest BCUT2D eigenvalue weighted by Crippen LogP contribution is 2.01. The lowest BCUT2D eigenvalue weighted by atomic mass is 10.1. The summed E-state index contributed by atoms with van der Waals surface area (Å²) in [6.45, 7) is 6.17. The van der Waals surface area contributed by atoms with Crippen molar-refractivity contribution in [2.75, 3.05) is 0 Å². The molecule has 1 amide bonds. The second-order valence-electron chi connectivity index (χ2n) is 4.25. The summed E-state index contributed by atoms with van der Waals surface area (Å²) in [4.78, 5) is 11.6. The molecule has 1 aromatic rings. The van der Waals surface area contributed by atoms with E-state index in [1.807, 2.05) is 25.1 Å². The van der Waals surface area contributed by atoms with Crippen molar-refractivity contribution < 1.29 is 4.79 Å². The van der Waals surface area contributed by atoms with Gasteiger partial charge in [0.25, 0.3) is 5.91 Å². The van der Waals surface area contributed by atoms with Gasteiger partial charge in [-0.05, 0) is 31.4 Å². The molecular formula is C13H18N2O. The maximum Gasteiger partial charge on any atom is 0.271 e. The van der Waals surface area contributed by atoms with Crippen molar-refractivity contribution in [3.05, 3.63) is 35.9 Å². The van der Waals surface area contributed by atoms with Gasteiger partial charge in [0, 0.05) is 11.3 Å². The van der Waals surface area contributed by atoms with Crippen molar-refractivity contribution in [3.63, 3.8) is 0 Å². The second kappa shape index (κ2) is 6.05. The van der Waals surface area contributed by atoms with Gasteiger partial charge < -0.3 is 0 Å². The number of nitrogens with zero attached hydrogens (tertiary/aromatic N) is 1. The molecule has 86 valence electrons. The standard InChI is InChI=1S/C13H18N2O/c1-10(2)9-11(3)14-15-13(16)12-7-5-4-6-8-12/h4-8,10H,9H2,1-3H3,(H,15,16)/b14-11+. The van der Waals surface area contributed by atoms with Crippen LogP contribution in [0.2, 0.25) is 0 Å². The first-order valence-electron chi connectivity index (χ1n) is 5.48. The topological polar surface area (TPSA) is 41.5 Å². The number of carbonyl (C=O) groups excluding carboxylic acids is 1. The summed E-state index contributed by atoms with van der Waals surface area (Å²) < 4.78 is 0. The van der Waals surface area contributed by atoms with Gasteiger partial charge in [0.2, 0.25) is 0 Å². The van der Waals surface area contributed by atoms with Gasteiger partial charge in [0.05, 0.1) is 0 Å². The molecule has 0 fully saturated rings. The first-order valence-corrected chi connectivity index (χ1v) is 5.48. The lowest BCUT2D eigenvalue weighted by molar-refractivity contribution is 0.0954. The normalized spacial score (nSPS) is 11.6. The largest absolute Gasteiger partial charge is 0.271 e. The lowest BCUT2D eigenvalue weighted by Crippen LogP contribution is -2.19. The molecule has 0 radical (unpaired) electrons. The molecule has 1 rings (SSSR count). The highest BCUT2D eigenvalue weighted by molar-refractivity contribution is 5.95. The molecule has 1 aromatic carbocycles. The second-order valence-corrected chi connectivity index (χ2v) is 4.25. The monoisotopic (exact) mass is 218 g/mol. The molecule has 0 spiro atoms. The Morgan fingerprint density at radius 1 is 1.31 bits per heavy atom. The van der Waals surface area contributed by atoms with Crippen LogP contribution < -0.4 is 5.43 Å². The van der Waals surface area contributed by atoms with Crippen molar-refractivity contribution in [3.8, 4) is 0 Å². The zero-order valence-electron chi connectivity index (χ0n) is 10.0. The Balaban J connectivity index is 2.53. The highest BCUT2D eigenvalue weighted by Gasteiger charge is 2.03. The van der Waals surface area contributed by atoms with Crippen molar-refractivity contribution in [1.82, 2.24) is 5.43 Å². The van der Waals surface area contributed by atoms with E-state index in [2.05, 4.69) is 24.4 Å². The Morgan fingerprint density at radius 3 is 2.50 bits per heavy atom. The third-order valence-electron chi connectivity index (χ3n) is 2.09.